The first kappa shape index (κ1) is 97.2. The third-order valence-corrected chi connectivity index (χ3v) is 21.9. The van der Waals surface area contributed by atoms with Crippen LogP contribution in [0.1, 0.15) is 373 Å². The molecule has 0 aromatic rings. The summed E-state index contributed by atoms with van der Waals surface area (Å²) in [4.78, 5) is 13.5. The maximum atomic E-state index is 13.5. The normalized spacial score (nSPS) is 25.9. The van der Waals surface area contributed by atoms with Crippen LogP contribution in [0, 0.1) is 0 Å². The van der Waals surface area contributed by atoms with E-state index < -0.39 is 124 Å². The van der Waals surface area contributed by atoms with Crippen LogP contribution in [0.25, 0.3) is 0 Å². The standard InChI is InChI=1S/C86H161NO18/c1-3-5-7-9-11-13-15-17-19-21-23-25-27-29-31-33-34-36-37-39-41-43-45-47-49-51-53-55-57-59-61-63-70(91)69(87-74(92)64-62-60-58-56-54-52-50-48-46-44-42-40-38-35-32-30-28-26-24-22-20-18-16-14-12-10-8-6-4-2)68-100-84-80(98)77(95)82(72(66-89)102-84)105-86-81(99)78(96)83(73(67-90)103-86)104-85-79(97)76(94)75(93)71(65-88)101-85/h16,18,22,24,61,63,69-73,75-86,88-91,93-99H,3-15,17,19-21,23,25-60,62,64-68H2,1-2H3,(H,87,92)/b18-16-,24-22-,63-61+. The summed E-state index contributed by atoms with van der Waals surface area (Å²) in [7, 11) is 0. The van der Waals surface area contributed by atoms with Gasteiger partial charge in [-0.15, -0.1) is 0 Å². The second-order valence-electron chi connectivity index (χ2n) is 31.4. The van der Waals surface area contributed by atoms with Gasteiger partial charge in [0.25, 0.3) is 0 Å². The quantitative estimate of drug-likeness (QED) is 0.0199. The molecule has 3 fully saturated rings. The lowest BCUT2D eigenvalue weighted by Gasteiger charge is -2.48. The van der Waals surface area contributed by atoms with Crippen molar-refractivity contribution in [2.75, 3.05) is 26.4 Å². The van der Waals surface area contributed by atoms with E-state index in [-0.39, 0.29) is 18.9 Å². The summed E-state index contributed by atoms with van der Waals surface area (Å²) < 4.78 is 34.5. The number of ether oxygens (including phenoxy) is 6. The molecule has 0 bridgehead atoms. The Bertz CT molecular complexity index is 2030. The van der Waals surface area contributed by atoms with Crippen molar-refractivity contribution < 1.29 is 89.4 Å². The molecule has 17 atom stereocenters. The lowest BCUT2D eigenvalue weighted by atomic mass is 9.96. The van der Waals surface area contributed by atoms with Gasteiger partial charge in [0, 0.05) is 6.42 Å². The maximum Gasteiger partial charge on any atom is 0.220 e. The van der Waals surface area contributed by atoms with Gasteiger partial charge < -0.3 is 89.9 Å². The molecular formula is C86H161NO18. The Hall–Kier alpha value is -1.99. The lowest BCUT2D eigenvalue weighted by molar-refractivity contribution is -0.379. The Labute approximate surface area is 638 Å². The molecule has 0 aromatic carbocycles. The van der Waals surface area contributed by atoms with Crippen LogP contribution in [0.3, 0.4) is 0 Å². The van der Waals surface area contributed by atoms with Crippen LogP contribution < -0.4 is 5.32 Å². The summed E-state index contributed by atoms with van der Waals surface area (Å²) in [5.41, 5.74) is 0. The van der Waals surface area contributed by atoms with E-state index in [1.807, 2.05) is 6.08 Å². The fraction of sp³-hybridized carbons (Fsp3) is 0.919. The van der Waals surface area contributed by atoms with E-state index in [0.29, 0.717) is 6.42 Å². The average Bonchev–Trinajstić information content (AvgIpc) is 0.781. The van der Waals surface area contributed by atoms with Crippen LogP contribution in [-0.4, -0.2) is 193 Å². The first-order valence-electron chi connectivity index (χ1n) is 43.7. The van der Waals surface area contributed by atoms with Gasteiger partial charge in [-0.2, -0.15) is 0 Å². The number of unbranched alkanes of at least 4 members (excludes halogenated alkanes) is 51. The molecule has 17 unspecified atom stereocenters. The zero-order valence-electron chi connectivity index (χ0n) is 66.5. The Morgan fingerprint density at radius 3 is 0.971 bits per heavy atom. The van der Waals surface area contributed by atoms with Crippen molar-refractivity contribution in [2.45, 2.75) is 478 Å². The Balaban J connectivity index is 1.35. The number of carbonyl (C=O) groups excluding carboxylic acids is 1. The third-order valence-electron chi connectivity index (χ3n) is 21.9. The monoisotopic (exact) mass is 1500 g/mol. The minimum absolute atomic E-state index is 0.246. The third kappa shape index (κ3) is 46.0. The van der Waals surface area contributed by atoms with E-state index in [4.69, 9.17) is 28.4 Å². The van der Waals surface area contributed by atoms with Crippen LogP contribution in [0.5, 0.6) is 0 Å². The molecule has 1 amide bonds. The number of nitrogens with one attached hydrogen (secondary N) is 1. The van der Waals surface area contributed by atoms with E-state index in [1.165, 1.54) is 295 Å². The van der Waals surface area contributed by atoms with Gasteiger partial charge in [0.15, 0.2) is 18.9 Å². The van der Waals surface area contributed by atoms with Gasteiger partial charge >= 0.3 is 0 Å². The van der Waals surface area contributed by atoms with E-state index in [1.54, 1.807) is 6.08 Å². The molecule has 3 aliphatic heterocycles. The molecule has 12 N–H and O–H groups in total. The van der Waals surface area contributed by atoms with Gasteiger partial charge in [0.05, 0.1) is 38.6 Å². The number of allylic oxidation sites excluding steroid dienone is 5. The summed E-state index contributed by atoms with van der Waals surface area (Å²) in [5, 5.41) is 121. The summed E-state index contributed by atoms with van der Waals surface area (Å²) in [6, 6.07) is -0.974. The van der Waals surface area contributed by atoms with Crippen LogP contribution in [-0.2, 0) is 33.2 Å². The predicted octanol–water partition coefficient (Wildman–Crippen LogP) is 15.9. The molecule has 0 saturated carbocycles. The zero-order valence-corrected chi connectivity index (χ0v) is 66.5. The number of carbonyl (C=O) groups is 1. The summed E-state index contributed by atoms with van der Waals surface area (Å²) in [5.74, 6) is -0.269. The SMILES string of the molecule is CCCCCCC/C=C\C/C=C\CCCCCCCCCCCCCCCCCCCC(=O)NC(COC1OC(CO)C(OC2OC(CO)C(OC3OC(CO)C(O)C(O)C3O)C(O)C2O)C(O)C1O)C(O)/C=C/CCCCCCCCCCCCCCCCCCCCCCCCCCCCCCC. The van der Waals surface area contributed by atoms with Gasteiger partial charge in [-0.3, -0.25) is 4.79 Å². The van der Waals surface area contributed by atoms with Crippen LogP contribution >= 0.6 is 0 Å². The molecule has 3 saturated heterocycles. The highest BCUT2D eigenvalue weighted by Gasteiger charge is 2.54. The van der Waals surface area contributed by atoms with Crippen LogP contribution in [0.4, 0.5) is 0 Å². The fourth-order valence-electron chi connectivity index (χ4n) is 14.9. The van der Waals surface area contributed by atoms with Gasteiger partial charge in [-0.25, -0.2) is 0 Å². The van der Waals surface area contributed by atoms with Gasteiger partial charge in [-0.05, 0) is 51.4 Å². The minimum atomic E-state index is -1.98. The summed E-state index contributed by atoms with van der Waals surface area (Å²) in [6.45, 7) is 1.79. The van der Waals surface area contributed by atoms with Gasteiger partial charge in [-0.1, -0.05) is 352 Å². The van der Waals surface area contributed by atoms with Gasteiger partial charge in [0.1, 0.15) is 73.2 Å². The van der Waals surface area contributed by atoms with Crippen molar-refractivity contribution in [2.24, 2.45) is 0 Å². The van der Waals surface area contributed by atoms with E-state index in [2.05, 4.69) is 43.5 Å². The topological polar surface area (TPSA) is 307 Å². The fourth-order valence-corrected chi connectivity index (χ4v) is 14.9. The molecule has 19 heteroatoms. The number of aliphatic hydroxyl groups excluding tert-OH is 11. The van der Waals surface area contributed by atoms with Crippen molar-refractivity contribution in [1.82, 2.24) is 5.32 Å². The smallest absolute Gasteiger partial charge is 0.220 e. The molecule has 0 spiro atoms. The van der Waals surface area contributed by atoms with Crippen molar-refractivity contribution in [3.8, 4) is 0 Å². The van der Waals surface area contributed by atoms with Crippen LogP contribution in [0.15, 0.2) is 36.5 Å². The van der Waals surface area contributed by atoms with Crippen molar-refractivity contribution in [3.63, 3.8) is 0 Å². The highest BCUT2D eigenvalue weighted by molar-refractivity contribution is 5.76. The molecule has 3 rings (SSSR count). The molecule has 3 aliphatic rings. The largest absolute Gasteiger partial charge is 0.394 e. The van der Waals surface area contributed by atoms with Crippen molar-refractivity contribution >= 4 is 5.91 Å². The molecule has 618 valence electrons. The molecular weight excluding hydrogens is 1330 g/mol. The van der Waals surface area contributed by atoms with E-state index in [9.17, 15) is 61.0 Å². The van der Waals surface area contributed by atoms with Gasteiger partial charge in [0.2, 0.25) is 5.91 Å². The van der Waals surface area contributed by atoms with E-state index >= 15 is 0 Å². The molecule has 0 aromatic heterocycles. The second-order valence-corrected chi connectivity index (χ2v) is 31.4. The number of rotatable bonds is 71. The highest BCUT2D eigenvalue weighted by Crippen LogP contribution is 2.33. The molecule has 0 radical (unpaired) electrons. The highest BCUT2D eigenvalue weighted by atomic mass is 16.8. The lowest BCUT2D eigenvalue weighted by Crippen LogP contribution is -2.66. The zero-order chi connectivity index (χ0) is 76.0. The first-order valence-corrected chi connectivity index (χ1v) is 43.7. The predicted molar refractivity (Wildman–Crippen MR) is 420 cm³/mol. The van der Waals surface area contributed by atoms with Crippen molar-refractivity contribution in [3.05, 3.63) is 36.5 Å². The maximum absolute atomic E-state index is 13.5. The Kier molecular flexibility index (Phi) is 61.7. The average molecular weight is 1500 g/mol. The minimum Gasteiger partial charge on any atom is -0.394 e. The molecule has 19 nitrogen and oxygen atoms in total. The second kappa shape index (κ2) is 66.6. The number of hydrogen-bond donors (Lipinski definition) is 12. The molecule has 105 heavy (non-hydrogen) atoms. The van der Waals surface area contributed by atoms with Crippen molar-refractivity contribution in [1.29, 1.82) is 0 Å². The van der Waals surface area contributed by atoms with Crippen LogP contribution in [0.2, 0.25) is 0 Å². The Morgan fingerprint density at radius 2 is 0.629 bits per heavy atom. The summed E-state index contributed by atoms with van der Waals surface area (Å²) in [6.07, 6.45) is 57.1. The van der Waals surface area contributed by atoms with E-state index in [0.717, 1.165) is 51.4 Å². The Morgan fingerprint density at radius 1 is 0.343 bits per heavy atom. The number of aliphatic hydroxyl groups is 11. The number of hydrogen-bond acceptors (Lipinski definition) is 18. The number of amides is 1. The molecule has 3 heterocycles. The molecule has 0 aliphatic carbocycles. The summed E-state index contributed by atoms with van der Waals surface area (Å²) >= 11 is 0. The first-order chi connectivity index (χ1) is 51.3.